The normalized spacial score (nSPS) is 22.5. The monoisotopic (exact) mass is 363 g/mol. The summed E-state index contributed by atoms with van der Waals surface area (Å²) in [5.74, 6) is -1.26. The number of rotatable bonds is 3. The fraction of sp³-hybridized carbons (Fsp3) is 0.643. The molecule has 7 heteroatoms. The van der Waals surface area contributed by atoms with Gasteiger partial charge in [-0.25, -0.2) is 13.8 Å². The fourth-order valence-electron chi connectivity index (χ4n) is 2.39. The molecular formula is C14H20BrF2N3O. The molecule has 2 atom stereocenters. The number of pyridine rings is 1. The lowest BCUT2D eigenvalue weighted by atomic mass is 9.84. The van der Waals surface area contributed by atoms with Crippen LogP contribution in [0, 0.1) is 17.6 Å². The molecule has 1 aromatic heterocycles. The Bertz CT molecular complexity index is 525. The van der Waals surface area contributed by atoms with Crippen LogP contribution in [0.15, 0.2) is 10.7 Å². The number of aromatic nitrogens is 1. The standard InChI is InChI=1S/C14H20BrF2N3O/c1-8(2)14(3,21)11-7-20(5-4-18-11)13-10(17)6-9(16)12(15)19-13/h6,8,11,18,21H,4-5,7H2,1-3H3/t11-,14+/m0/s1. The molecule has 1 aliphatic heterocycles. The van der Waals surface area contributed by atoms with Crippen molar-refractivity contribution in [3.8, 4) is 0 Å². The third-order valence-corrected chi connectivity index (χ3v) is 4.77. The third kappa shape index (κ3) is 3.35. The fourth-order valence-corrected chi connectivity index (χ4v) is 2.68. The number of nitrogens with one attached hydrogen (secondary N) is 1. The molecule has 1 aliphatic rings. The minimum absolute atomic E-state index is 0.00963. The first-order valence-corrected chi connectivity index (χ1v) is 7.75. The molecule has 4 nitrogen and oxygen atoms in total. The highest BCUT2D eigenvalue weighted by Crippen LogP contribution is 2.27. The lowest BCUT2D eigenvalue weighted by Crippen LogP contribution is -2.62. The zero-order chi connectivity index (χ0) is 15.8. The highest BCUT2D eigenvalue weighted by molar-refractivity contribution is 9.10. The summed E-state index contributed by atoms with van der Waals surface area (Å²) >= 11 is 2.98. The Hall–Kier alpha value is -0.790. The number of hydrogen-bond donors (Lipinski definition) is 2. The van der Waals surface area contributed by atoms with Gasteiger partial charge in [0, 0.05) is 25.7 Å². The molecule has 1 saturated heterocycles. The van der Waals surface area contributed by atoms with E-state index in [4.69, 9.17) is 0 Å². The topological polar surface area (TPSA) is 48.4 Å². The van der Waals surface area contributed by atoms with Gasteiger partial charge in [-0.2, -0.15) is 0 Å². The van der Waals surface area contributed by atoms with Gasteiger partial charge in [0.05, 0.1) is 11.6 Å². The van der Waals surface area contributed by atoms with Crippen molar-refractivity contribution in [2.24, 2.45) is 5.92 Å². The summed E-state index contributed by atoms with van der Waals surface area (Å²) in [6, 6.07) is 0.612. The molecular weight excluding hydrogens is 344 g/mol. The third-order valence-electron chi connectivity index (χ3n) is 4.22. The van der Waals surface area contributed by atoms with Gasteiger partial charge in [-0.1, -0.05) is 13.8 Å². The van der Waals surface area contributed by atoms with Crippen LogP contribution in [0.2, 0.25) is 0 Å². The van der Waals surface area contributed by atoms with Gasteiger partial charge in [-0.3, -0.25) is 0 Å². The number of anilines is 1. The second-order valence-electron chi connectivity index (χ2n) is 5.90. The van der Waals surface area contributed by atoms with Gasteiger partial charge in [0.1, 0.15) is 4.60 Å². The van der Waals surface area contributed by atoms with E-state index in [1.165, 1.54) is 0 Å². The Morgan fingerprint density at radius 1 is 1.48 bits per heavy atom. The highest BCUT2D eigenvalue weighted by Gasteiger charge is 2.38. The van der Waals surface area contributed by atoms with Crippen LogP contribution in [0.1, 0.15) is 20.8 Å². The zero-order valence-electron chi connectivity index (χ0n) is 12.3. The molecule has 0 spiro atoms. The maximum atomic E-state index is 13.9. The van der Waals surface area contributed by atoms with E-state index in [9.17, 15) is 13.9 Å². The molecule has 2 rings (SSSR count). The zero-order valence-corrected chi connectivity index (χ0v) is 13.9. The maximum Gasteiger partial charge on any atom is 0.168 e. The van der Waals surface area contributed by atoms with Gasteiger partial charge in [0.2, 0.25) is 0 Å². The summed E-state index contributed by atoms with van der Waals surface area (Å²) in [7, 11) is 0. The molecule has 0 bridgehead atoms. The number of hydrogen-bond acceptors (Lipinski definition) is 4. The molecule has 118 valence electrons. The van der Waals surface area contributed by atoms with Gasteiger partial charge < -0.3 is 15.3 Å². The Labute approximate surface area is 131 Å². The summed E-state index contributed by atoms with van der Waals surface area (Å²) in [5, 5.41) is 13.8. The average molecular weight is 364 g/mol. The second-order valence-corrected chi connectivity index (χ2v) is 6.65. The molecule has 0 unspecified atom stereocenters. The smallest absolute Gasteiger partial charge is 0.168 e. The van der Waals surface area contributed by atoms with Crippen LogP contribution < -0.4 is 10.2 Å². The van der Waals surface area contributed by atoms with E-state index >= 15 is 0 Å². The van der Waals surface area contributed by atoms with Crippen molar-refractivity contribution in [1.82, 2.24) is 10.3 Å². The predicted octanol–water partition coefficient (Wildman–Crippen LogP) is 2.31. The number of halogens is 3. The van der Waals surface area contributed by atoms with Crippen LogP contribution in [0.25, 0.3) is 0 Å². The SMILES string of the molecule is CC(C)[C@@](C)(O)[C@@H]1CN(c2nc(Br)c(F)cc2F)CCN1. The minimum atomic E-state index is -0.924. The maximum absolute atomic E-state index is 13.9. The van der Waals surface area contributed by atoms with Crippen LogP contribution in [0.5, 0.6) is 0 Å². The van der Waals surface area contributed by atoms with E-state index in [0.717, 1.165) is 6.07 Å². The lowest BCUT2D eigenvalue weighted by Gasteiger charge is -2.43. The molecule has 1 fully saturated rings. The largest absolute Gasteiger partial charge is 0.388 e. The van der Waals surface area contributed by atoms with Crippen molar-refractivity contribution in [1.29, 1.82) is 0 Å². The van der Waals surface area contributed by atoms with Gasteiger partial charge in [-0.15, -0.1) is 0 Å². The van der Waals surface area contributed by atoms with Crippen LogP contribution in [0.3, 0.4) is 0 Å². The van der Waals surface area contributed by atoms with E-state index in [1.807, 2.05) is 13.8 Å². The molecule has 0 aliphatic carbocycles. The average Bonchev–Trinajstić information content (AvgIpc) is 2.43. The van der Waals surface area contributed by atoms with Gasteiger partial charge in [0.25, 0.3) is 0 Å². The lowest BCUT2D eigenvalue weighted by molar-refractivity contribution is -0.0232. The van der Waals surface area contributed by atoms with Crippen LogP contribution in [0.4, 0.5) is 14.6 Å². The van der Waals surface area contributed by atoms with E-state index in [1.54, 1.807) is 11.8 Å². The van der Waals surface area contributed by atoms with Crippen molar-refractivity contribution in [2.75, 3.05) is 24.5 Å². The van der Waals surface area contributed by atoms with E-state index in [0.29, 0.717) is 19.6 Å². The van der Waals surface area contributed by atoms with Crippen molar-refractivity contribution >= 4 is 21.7 Å². The van der Waals surface area contributed by atoms with Gasteiger partial charge in [0.15, 0.2) is 17.5 Å². The molecule has 21 heavy (non-hydrogen) atoms. The molecule has 2 N–H and O–H groups in total. The van der Waals surface area contributed by atoms with Crippen molar-refractivity contribution in [3.63, 3.8) is 0 Å². The molecule has 0 radical (unpaired) electrons. The summed E-state index contributed by atoms with van der Waals surface area (Å²) < 4.78 is 27.2. The first-order chi connectivity index (χ1) is 9.73. The first-order valence-electron chi connectivity index (χ1n) is 6.95. The van der Waals surface area contributed by atoms with Crippen LogP contribution >= 0.6 is 15.9 Å². The predicted molar refractivity (Wildman–Crippen MR) is 81.3 cm³/mol. The highest BCUT2D eigenvalue weighted by atomic mass is 79.9. The summed E-state index contributed by atoms with van der Waals surface area (Å²) in [6.45, 7) is 7.20. The molecule has 1 aromatic rings. The molecule has 0 aromatic carbocycles. The number of aliphatic hydroxyl groups is 1. The van der Waals surface area contributed by atoms with Gasteiger partial charge >= 0.3 is 0 Å². The summed E-state index contributed by atoms with van der Waals surface area (Å²) in [4.78, 5) is 5.67. The van der Waals surface area contributed by atoms with E-state index in [2.05, 4.69) is 26.2 Å². The van der Waals surface area contributed by atoms with Crippen LogP contribution in [-0.2, 0) is 0 Å². The molecule has 2 heterocycles. The van der Waals surface area contributed by atoms with Crippen molar-refractivity contribution in [3.05, 3.63) is 22.3 Å². The van der Waals surface area contributed by atoms with Crippen molar-refractivity contribution < 1.29 is 13.9 Å². The molecule has 0 amide bonds. The Kier molecular flexibility index (Phi) is 4.85. The summed E-state index contributed by atoms with van der Waals surface area (Å²) in [6.07, 6.45) is 0. The Morgan fingerprint density at radius 3 is 2.76 bits per heavy atom. The summed E-state index contributed by atoms with van der Waals surface area (Å²) in [5.41, 5.74) is -0.924. The Morgan fingerprint density at radius 2 is 2.14 bits per heavy atom. The number of nitrogens with zero attached hydrogens (tertiary/aromatic N) is 2. The number of piperazine rings is 1. The van der Waals surface area contributed by atoms with Crippen molar-refractivity contribution in [2.45, 2.75) is 32.4 Å². The molecule has 0 saturated carbocycles. The second kappa shape index (κ2) is 6.14. The van der Waals surface area contributed by atoms with E-state index < -0.39 is 17.2 Å². The quantitative estimate of drug-likeness (QED) is 0.809. The minimum Gasteiger partial charge on any atom is -0.388 e. The van der Waals surface area contributed by atoms with Crippen LogP contribution in [-0.4, -0.2) is 41.4 Å². The Balaban J connectivity index is 2.24. The first kappa shape index (κ1) is 16.6. The van der Waals surface area contributed by atoms with E-state index in [-0.39, 0.29) is 22.4 Å². The van der Waals surface area contributed by atoms with Gasteiger partial charge in [-0.05, 0) is 28.8 Å².